The van der Waals surface area contributed by atoms with Gasteiger partial charge in [0.2, 0.25) is 5.56 Å². The number of aromatic nitrogens is 1. The van der Waals surface area contributed by atoms with E-state index in [4.69, 9.17) is 5.73 Å². The molecule has 3 N–H and O–H groups in total. The standard InChI is InChI=1S/C13H14N2O3/c1-18-13(17)10(14)6-8-7-12(16)15-11-5-3-2-4-9(8)11/h2-5,7,10H,6,14H2,1H3,(H,15,16). The number of fused-ring (bicyclic) bond motifs is 1. The number of nitrogens with two attached hydrogens (primary N) is 1. The number of hydrogen-bond donors (Lipinski definition) is 2. The van der Waals surface area contributed by atoms with E-state index in [2.05, 4.69) is 9.72 Å². The second-order valence-electron chi connectivity index (χ2n) is 4.04. The van der Waals surface area contributed by atoms with Gasteiger partial charge in [-0.05, 0) is 18.1 Å². The first-order chi connectivity index (χ1) is 8.61. The number of esters is 1. The average Bonchev–Trinajstić information content (AvgIpc) is 2.37. The van der Waals surface area contributed by atoms with E-state index >= 15 is 0 Å². The van der Waals surface area contributed by atoms with Crippen molar-refractivity contribution in [1.29, 1.82) is 0 Å². The SMILES string of the molecule is COC(=O)C(N)Cc1cc(=O)[nH]c2ccccc12. The van der Waals surface area contributed by atoms with Gasteiger partial charge in [-0.1, -0.05) is 18.2 Å². The van der Waals surface area contributed by atoms with Gasteiger partial charge in [0.25, 0.3) is 0 Å². The van der Waals surface area contributed by atoms with E-state index in [9.17, 15) is 9.59 Å². The molecule has 1 aromatic carbocycles. The van der Waals surface area contributed by atoms with E-state index in [1.807, 2.05) is 24.3 Å². The molecule has 1 atom stereocenters. The Morgan fingerprint density at radius 1 is 1.44 bits per heavy atom. The van der Waals surface area contributed by atoms with Crippen molar-refractivity contribution < 1.29 is 9.53 Å². The zero-order chi connectivity index (χ0) is 13.1. The fraction of sp³-hybridized carbons (Fsp3) is 0.231. The molecule has 0 saturated heterocycles. The van der Waals surface area contributed by atoms with E-state index in [-0.39, 0.29) is 12.0 Å². The monoisotopic (exact) mass is 246 g/mol. The van der Waals surface area contributed by atoms with Crippen molar-refractivity contribution >= 4 is 16.9 Å². The van der Waals surface area contributed by atoms with Crippen LogP contribution in [0.5, 0.6) is 0 Å². The first-order valence-corrected chi connectivity index (χ1v) is 5.56. The Labute approximate surface area is 104 Å². The van der Waals surface area contributed by atoms with Crippen molar-refractivity contribution in [2.24, 2.45) is 5.73 Å². The number of H-pyrrole nitrogens is 1. The topological polar surface area (TPSA) is 85.2 Å². The van der Waals surface area contributed by atoms with Gasteiger partial charge in [-0.2, -0.15) is 0 Å². The summed E-state index contributed by atoms with van der Waals surface area (Å²) in [7, 11) is 1.29. The number of para-hydroxylation sites is 1. The Balaban J connectivity index is 2.44. The van der Waals surface area contributed by atoms with Crippen LogP contribution in [0.25, 0.3) is 10.9 Å². The largest absolute Gasteiger partial charge is 0.468 e. The summed E-state index contributed by atoms with van der Waals surface area (Å²) in [6, 6.07) is 8.09. The molecule has 0 aliphatic heterocycles. The van der Waals surface area contributed by atoms with Gasteiger partial charge < -0.3 is 15.5 Å². The van der Waals surface area contributed by atoms with Gasteiger partial charge >= 0.3 is 5.97 Å². The maximum absolute atomic E-state index is 11.5. The molecule has 2 aromatic rings. The smallest absolute Gasteiger partial charge is 0.322 e. The average molecular weight is 246 g/mol. The lowest BCUT2D eigenvalue weighted by Crippen LogP contribution is -2.34. The predicted molar refractivity (Wildman–Crippen MR) is 68.3 cm³/mol. The lowest BCUT2D eigenvalue weighted by atomic mass is 10.0. The number of rotatable bonds is 3. The van der Waals surface area contributed by atoms with E-state index in [0.717, 1.165) is 16.5 Å². The minimum absolute atomic E-state index is 0.208. The van der Waals surface area contributed by atoms with E-state index in [1.165, 1.54) is 13.2 Å². The molecule has 1 aromatic heterocycles. The summed E-state index contributed by atoms with van der Waals surface area (Å²) in [6.45, 7) is 0. The summed E-state index contributed by atoms with van der Waals surface area (Å²) in [5.41, 5.74) is 6.98. The summed E-state index contributed by atoms with van der Waals surface area (Å²) < 4.78 is 4.58. The van der Waals surface area contributed by atoms with Crippen molar-refractivity contribution in [3.8, 4) is 0 Å². The molecular weight excluding hydrogens is 232 g/mol. The number of nitrogens with one attached hydrogen (secondary N) is 1. The number of ether oxygens (including phenoxy) is 1. The number of carbonyl (C=O) groups excluding carboxylic acids is 1. The third-order valence-corrected chi connectivity index (χ3v) is 2.78. The van der Waals surface area contributed by atoms with Crippen LogP contribution in [0.1, 0.15) is 5.56 Å². The van der Waals surface area contributed by atoms with Crippen molar-refractivity contribution in [2.45, 2.75) is 12.5 Å². The lowest BCUT2D eigenvalue weighted by molar-refractivity contribution is -0.142. The van der Waals surface area contributed by atoms with Crippen LogP contribution in [0.2, 0.25) is 0 Å². The zero-order valence-electron chi connectivity index (χ0n) is 9.97. The number of hydrogen-bond acceptors (Lipinski definition) is 4. The Morgan fingerprint density at radius 2 is 2.17 bits per heavy atom. The Hall–Kier alpha value is -2.14. The number of carbonyl (C=O) groups is 1. The summed E-state index contributed by atoms with van der Waals surface area (Å²) in [5.74, 6) is -0.487. The van der Waals surface area contributed by atoms with E-state index in [1.54, 1.807) is 0 Å². The zero-order valence-corrected chi connectivity index (χ0v) is 9.97. The second-order valence-corrected chi connectivity index (χ2v) is 4.04. The van der Waals surface area contributed by atoms with E-state index in [0.29, 0.717) is 0 Å². The van der Waals surface area contributed by atoms with Gasteiger partial charge in [0.15, 0.2) is 0 Å². The summed E-state index contributed by atoms with van der Waals surface area (Å²) in [4.78, 5) is 25.6. The summed E-state index contributed by atoms with van der Waals surface area (Å²) in [5, 5.41) is 0.886. The van der Waals surface area contributed by atoms with Gasteiger partial charge in [-0.3, -0.25) is 9.59 Å². The molecule has 0 fully saturated rings. The molecule has 0 aliphatic rings. The quantitative estimate of drug-likeness (QED) is 0.775. The Kier molecular flexibility index (Phi) is 3.43. The van der Waals surface area contributed by atoms with Crippen LogP contribution in [0, 0.1) is 0 Å². The molecule has 5 nitrogen and oxygen atoms in total. The predicted octanol–water partition coefficient (Wildman–Crippen LogP) is 0.571. The van der Waals surface area contributed by atoms with Crippen LogP contribution < -0.4 is 11.3 Å². The Bertz CT molecular complexity index is 633. The molecule has 2 rings (SSSR count). The molecule has 0 bridgehead atoms. The molecule has 0 radical (unpaired) electrons. The first kappa shape index (κ1) is 12.3. The maximum atomic E-state index is 11.5. The van der Waals surface area contributed by atoms with Crippen LogP contribution in [0.4, 0.5) is 0 Å². The maximum Gasteiger partial charge on any atom is 0.322 e. The minimum atomic E-state index is -0.764. The summed E-state index contributed by atoms with van der Waals surface area (Å²) in [6.07, 6.45) is 0.275. The highest BCUT2D eigenvalue weighted by Gasteiger charge is 2.16. The number of methoxy groups -OCH3 is 1. The highest BCUT2D eigenvalue weighted by Crippen LogP contribution is 2.15. The van der Waals surface area contributed by atoms with Crippen LogP contribution >= 0.6 is 0 Å². The fourth-order valence-corrected chi connectivity index (χ4v) is 1.92. The van der Waals surface area contributed by atoms with E-state index < -0.39 is 12.0 Å². The van der Waals surface area contributed by atoms with Crippen molar-refractivity contribution in [3.05, 3.63) is 46.2 Å². The molecule has 18 heavy (non-hydrogen) atoms. The van der Waals surface area contributed by atoms with Crippen molar-refractivity contribution in [1.82, 2.24) is 4.98 Å². The number of aromatic amines is 1. The molecule has 0 amide bonds. The second kappa shape index (κ2) is 5.01. The van der Waals surface area contributed by atoms with Crippen LogP contribution in [0.15, 0.2) is 35.1 Å². The van der Waals surface area contributed by atoms with Crippen molar-refractivity contribution in [3.63, 3.8) is 0 Å². The lowest BCUT2D eigenvalue weighted by Gasteiger charge is -2.11. The van der Waals surface area contributed by atoms with Gasteiger partial charge in [-0.25, -0.2) is 0 Å². The third-order valence-electron chi connectivity index (χ3n) is 2.78. The first-order valence-electron chi connectivity index (χ1n) is 5.56. The Morgan fingerprint density at radius 3 is 2.89 bits per heavy atom. The van der Waals surface area contributed by atoms with Gasteiger partial charge in [0.05, 0.1) is 7.11 Å². The molecule has 0 aliphatic carbocycles. The molecule has 94 valence electrons. The molecule has 0 saturated carbocycles. The molecule has 1 unspecified atom stereocenters. The minimum Gasteiger partial charge on any atom is -0.468 e. The molecule has 0 spiro atoms. The normalized spacial score (nSPS) is 12.3. The molecule has 1 heterocycles. The highest BCUT2D eigenvalue weighted by atomic mass is 16.5. The van der Waals surface area contributed by atoms with Crippen LogP contribution in [-0.4, -0.2) is 24.1 Å². The van der Waals surface area contributed by atoms with Gasteiger partial charge in [-0.15, -0.1) is 0 Å². The molecule has 5 heteroatoms. The number of pyridine rings is 1. The fourth-order valence-electron chi connectivity index (χ4n) is 1.92. The summed E-state index contributed by atoms with van der Waals surface area (Å²) >= 11 is 0. The third kappa shape index (κ3) is 2.41. The van der Waals surface area contributed by atoms with Crippen molar-refractivity contribution in [2.75, 3.05) is 7.11 Å². The molecular formula is C13H14N2O3. The van der Waals surface area contributed by atoms with Gasteiger partial charge in [0.1, 0.15) is 6.04 Å². The van der Waals surface area contributed by atoms with Crippen LogP contribution in [-0.2, 0) is 16.0 Å². The van der Waals surface area contributed by atoms with Gasteiger partial charge in [0, 0.05) is 17.0 Å². The highest BCUT2D eigenvalue weighted by molar-refractivity contribution is 5.83. The number of benzene rings is 1. The van der Waals surface area contributed by atoms with Crippen LogP contribution in [0.3, 0.4) is 0 Å².